The summed E-state index contributed by atoms with van der Waals surface area (Å²) in [5.41, 5.74) is 0.257. The van der Waals surface area contributed by atoms with E-state index in [0.29, 0.717) is 10.9 Å². The Labute approximate surface area is 113 Å². The second kappa shape index (κ2) is 5.11. The number of Topliss-reactive ketones (excluding diaryl/α,β-unsaturated/α-hetero) is 1. The monoisotopic (exact) mass is 282 g/mol. The average Bonchev–Trinajstić information content (AvgIpc) is 2.37. The molecule has 1 aromatic heterocycles. The van der Waals surface area contributed by atoms with E-state index < -0.39 is 17.5 Å². The molecule has 106 valence electrons. The molecule has 0 bridgehead atoms. The quantitative estimate of drug-likeness (QED) is 0.871. The maximum atomic E-state index is 12.6. The molecule has 2 rings (SSSR count). The number of halogens is 3. The molecule has 0 aliphatic heterocycles. The molecular weight excluding hydrogens is 269 g/mol. The number of rotatable bonds is 3. The van der Waals surface area contributed by atoms with Gasteiger partial charge in [0.05, 0.1) is 16.8 Å². The van der Waals surface area contributed by atoms with Crippen molar-refractivity contribution < 1.29 is 18.0 Å². The van der Waals surface area contributed by atoms with Gasteiger partial charge < -0.3 is 5.32 Å². The molecule has 0 saturated heterocycles. The van der Waals surface area contributed by atoms with Crippen molar-refractivity contribution in [1.29, 1.82) is 0 Å². The van der Waals surface area contributed by atoms with Crippen LogP contribution < -0.4 is 5.32 Å². The van der Waals surface area contributed by atoms with Crippen molar-refractivity contribution in [2.24, 2.45) is 0 Å². The first kappa shape index (κ1) is 14.3. The molecule has 0 saturated carbocycles. The number of ketones is 1. The Hall–Kier alpha value is -2.11. The molecule has 0 aliphatic carbocycles. The van der Waals surface area contributed by atoms with Gasteiger partial charge in [-0.1, -0.05) is 18.2 Å². The third-order valence-electron chi connectivity index (χ3n) is 2.71. The molecule has 1 N–H and O–H groups in total. The minimum atomic E-state index is -4.92. The van der Waals surface area contributed by atoms with Crippen molar-refractivity contribution in [3.05, 3.63) is 36.0 Å². The molecule has 0 amide bonds. The predicted molar refractivity (Wildman–Crippen MR) is 70.9 cm³/mol. The zero-order valence-electron chi connectivity index (χ0n) is 11.0. The van der Waals surface area contributed by atoms with Gasteiger partial charge in [0.2, 0.25) is 0 Å². The summed E-state index contributed by atoms with van der Waals surface area (Å²) in [7, 11) is 0. The van der Waals surface area contributed by atoms with Crippen LogP contribution in [0.2, 0.25) is 0 Å². The number of hydrogen-bond donors (Lipinski definition) is 1. The highest BCUT2D eigenvalue weighted by molar-refractivity contribution is 6.10. The first-order valence-electron chi connectivity index (χ1n) is 6.06. The molecule has 20 heavy (non-hydrogen) atoms. The number of anilines is 1. The highest BCUT2D eigenvalue weighted by Gasteiger charge is 2.41. The van der Waals surface area contributed by atoms with E-state index in [1.54, 1.807) is 38.1 Å². The van der Waals surface area contributed by atoms with Crippen molar-refractivity contribution in [2.75, 3.05) is 5.32 Å². The molecule has 0 aliphatic rings. The summed E-state index contributed by atoms with van der Waals surface area (Å²) in [5, 5.41) is 3.41. The van der Waals surface area contributed by atoms with Crippen molar-refractivity contribution in [2.45, 2.75) is 26.1 Å². The smallest absolute Gasteiger partial charge is 0.382 e. The predicted octanol–water partition coefficient (Wildman–Crippen LogP) is 3.80. The minimum Gasteiger partial charge on any atom is -0.382 e. The topological polar surface area (TPSA) is 42.0 Å². The number of nitrogens with one attached hydrogen (secondary N) is 1. The molecular formula is C14H13F3N2O. The third-order valence-corrected chi connectivity index (χ3v) is 2.71. The van der Waals surface area contributed by atoms with Gasteiger partial charge >= 0.3 is 6.18 Å². The van der Waals surface area contributed by atoms with Crippen LogP contribution in [0.1, 0.15) is 24.2 Å². The van der Waals surface area contributed by atoms with Crippen molar-refractivity contribution in [3.63, 3.8) is 0 Å². The number of hydrogen-bond acceptors (Lipinski definition) is 3. The fourth-order valence-corrected chi connectivity index (χ4v) is 1.91. The van der Waals surface area contributed by atoms with Crippen molar-refractivity contribution >= 4 is 22.4 Å². The lowest BCUT2D eigenvalue weighted by Gasteiger charge is -2.17. The number of pyridine rings is 1. The lowest BCUT2D eigenvalue weighted by Crippen LogP contribution is -2.25. The van der Waals surface area contributed by atoms with Crippen LogP contribution >= 0.6 is 0 Å². The number of para-hydroxylation sites is 1. The second-order valence-electron chi connectivity index (χ2n) is 4.69. The van der Waals surface area contributed by atoms with Crippen LogP contribution in [0.5, 0.6) is 0 Å². The zero-order chi connectivity index (χ0) is 14.9. The molecule has 1 aromatic carbocycles. The van der Waals surface area contributed by atoms with Gasteiger partial charge in [0.15, 0.2) is 0 Å². The lowest BCUT2D eigenvalue weighted by atomic mass is 10.1. The summed E-state index contributed by atoms with van der Waals surface area (Å²) < 4.78 is 37.9. The summed E-state index contributed by atoms with van der Waals surface area (Å²) in [6.45, 7) is 3.58. The van der Waals surface area contributed by atoms with Gasteiger partial charge in [0, 0.05) is 17.6 Å². The number of benzene rings is 1. The van der Waals surface area contributed by atoms with Crippen LogP contribution in [0.4, 0.5) is 18.9 Å². The fourth-order valence-electron chi connectivity index (χ4n) is 1.91. The average molecular weight is 282 g/mol. The number of carbonyl (C=O) groups is 1. The molecule has 0 spiro atoms. The van der Waals surface area contributed by atoms with Crippen molar-refractivity contribution in [3.8, 4) is 0 Å². The van der Waals surface area contributed by atoms with E-state index in [0.717, 1.165) is 6.20 Å². The Morgan fingerprint density at radius 1 is 1.25 bits per heavy atom. The Bertz CT molecular complexity index is 650. The SMILES string of the molecule is CC(C)Nc1c(C(=O)C(F)(F)F)cnc2ccccc12. The Morgan fingerprint density at radius 3 is 2.50 bits per heavy atom. The standard InChI is InChI=1S/C14H13F3N2O/c1-8(2)19-12-9-5-3-4-6-11(9)18-7-10(12)13(20)14(15,16)17/h3-8H,1-2H3,(H,18,19). The van der Waals surface area contributed by atoms with Gasteiger partial charge in [-0.3, -0.25) is 9.78 Å². The van der Waals surface area contributed by atoms with Gasteiger partial charge in [-0.25, -0.2) is 0 Å². The number of carbonyl (C=O) groups excluding carboxylic acids is 1. The highest BCUT2D eigenvalue weighted by atomic mass is 19.4. The van der Waals surface area contributed by atoms with Crippen LogP contribution in [-0.4, -0.2) is 23.0 Å². The van der Waals surface area contributed by atoms with Gasteiger partial charge in [0.1, 0.15) is 0 Å². The van der Waals surface area contributed by atoms with Gasteiger partial charge in [-0.2, -0.15) is 13.2 Å². The Morgan fingerprint density at radius 2 is 1.90 bits per heavy atom. The van der Waals surface area contributed by atoms with Gasteiger partial charge in [-0.15, -0.1) is 0 Å². The van der Waals surface area contributed by atoms with Crippen LogP contribution in [0.3, 0.4) is 0 Å². The van der Waals surface area contributed by atoms with Crippen LogP contribution in [0.25, 0.3) is 10.9 Å². The van der Waals surface area contributed by atoms with Gasteiger partial charge in [0.25, 0.3) is 5.78 Å². The van der Waals surface area contributed by atoms with Crippen LogP contribution in [0, 0.1) is 0 Å². The number of fused-ring (bicyclic) bond motifs is 1. The second-order valence-corrected chi connectivity index (χ2v) is 4.69. The van der Waals surface area contributed by atoms with E-state index in [2.05, 4.69) is 10.3 Å². The highest BCUT2D eigenvalue weighted by Crippen LogP contribution is 2.31. The fraction of sp³-hybridized carbons (Fsp3) is 0.286. The van der Waals surface area contributed by atoms with E-state index in [1.165, 1.54) is 0 Å². The summed E-state index contributed by atoms with van der Waals surface area (Å²) in [6.07, 6.45) is -3.94. The molecule has 0 fully saturated rings. The maximum Gasteiger partial charge on any atom is 0.455 e. The first-order valence-corrected chi connectivity index (χ1v) is 6.06. The van der Waals surface area contributed by atoms with E-state index in [-0.39, 0.29) is 11.7 Å². The minimum absolute atomic E-state index is 0.111. The Balaban J connectivity index is 2.68. The van der Waals surface area contributed by atoms with E-state index in [4.69, 9.17) is 0 Å². The molecule has 3 nitrogen and oxygen atoms in total. The molecule has 6 heteroatoms. The van der Waals surface area contributed by atoms with E-state index in [9.17, 15) is 18.0 Å². The normalized spacial score (nSPS) is 11.9. The Kier molecular flexibility index (Phi) is 3.65. The zero-order valence-corrected chi connectivity index (χ0v) is 11.0. The molecule has 1 heterocycles. The molecule has 0 unspecified atom stereocenters. The van der Waals surface area contributed by atoms with E-state index in [1.807, 2.05) is 0 Å². The summed E-state index contributed by atoms with van der Waals surface area (Å²) >= 11 is 0. The third kappa shape index (κ3) is 2.74. The number of aromatic nitrogens is 1. The van der Waals surface area contributed by atoms with Crippen LogP contribution in [0.15, 0.2) is 30.5 Å². The largest absolute Gasteiger partial charge is 0.455 e. The van der Waals surface area contributed by atoms with Gasteiger partial charge in [-0.05, 0) is 19.9 Å². The van der Waals surface area contributed by atoms with Crippen molar-refractivity contribution in [1.82, 2.24) is 4.98 Å². The molecule has 0 radical (unpaired) electrons. The number of nitrogens with zero attached hydrogens (tertiary/aromatic N) is 1. The maximum absolute atomic E-state index is 12.6. The van der Waals surface area contributed by atoms with Crippen LogP contribution in [-0.2, 0) is 0 Å². The first-order chi connectivity index (χ1) is 9.30. The number of alkyl halides is 3. The molecule has 2 aromatic rings. The van der Waals surface area contributed by atoms with E-state index >= 15 is 0 Å². The molecule has 0 atom stereocenters. The summed E-state index contributed by atoms with van der Waals surface area (Å²) in [4.78, 5) is 15.4. The summed E-state index contributed by atoms with van der Waals surface area (Å²) in [5.74, 6) is -1.89. The summed E-state index contributed by atoms with van der Waals surface area (Å²) in [6, 6.07) is 6.64. The lowest BCUT2D eigenvalue weighted by molar-refractivity contribution is -0.0884.